The predicted molar refractivity (Wildman–Crippen MR) is 131 cm³/mol. The molecule has 0 bridgehead atoms. The number of amides is 1. The van der Waals surface area contributed by atoms with Crippen molar-refractivity contribution in [1.29, 1.82) is 0 Å². The molecule has 2 aromatic carbocycles. The molecule has 2 fully saturated rings. The third-order valence-corrected chi connectivity index (χ3v) is 6.93. The first-order chi connectivity index (χ1) is 17.3. The maximum Gasteiger partial charge on any atom is 0.409 e. The molecular weight excluding hydrogens is 490 g/mol. The van der Waals surface area contributed by atoms with E-state index in [9.17, 15) is 20.1 Å². The standard InChI is InChI=1S/C26H32ClNO8/c1-28(26(32)33-2)13-21-22(29)23(30)24(31)25(36-21)16-5-8-20(27)17(12-16)11-15-3-6-18(7-4-15)35-19-9-10-34-14-19/h3-8,12,19,21-25,29-31H,9-11,13-14H2,1-2H3/t19-,21-,22-,23+,24-,25+/m1/s1. The van der Waals surface area contributed by atoms with Gasteiger partial charge in [-0.3, -0.25) is 0 Å². The summed E-state index contributed by atoms with van der Waals surface area (Å²) in [6.07, 6.45) is -5.20. The molecule has 0 aliphatic carbocycles. The molecule has 2 aliphatic heterocycles. The van der Waals surface area contributed by atoms with E-state index in [1.165, 1.54) is 19.1 Å². The van der Waals surface area contributed by atoms with Crippen LogP contribution in [-0.2, 0) is 20.6 Å². The minimum Gasteiger partial charge on any atom is -0.488 e. The predicted octanol–water partition coefficient (Wildman–Crippen LogP) is 2.32. The minimum atomic E-state index is -1.46. The molecule has 2 heterocycles. The number of aliphatic hydroxyl groups is 3. The first kappa shape index (κ1) is 26.7. The van der Waals surface area contributed by atoms with Crippen LogP contribution in [0.15, 0.2) is 42.5 Å². The second kappa shape index (κ2) is 11.8. The summed E-state index contributed by atoms with van der Waals surface area (Å²) >= 11 is 6.48. The fourth-order valence-corrected chi connectivity index (χ4v) is 4.67. The lowest BCUT2D eigenvalue weighted by molar-refractivity contribution is -0.226. The van der Waals surface area contributed by atoms with Crippen LogP contribution in [0.1, 0.15) is 29.2 Å². The van der Waals surface area contributed by atoms with Crippen LogP contribution in [0.3, 0.4) is 0 Å². The highest BCUT2D eigenvalue weighted by molar-refractivity contribution is 6.31. The maximum absolute atomic E-state index is 11.8. The number of nitrogens with zero attached hydrogens (tertiary/aromatic N) is 1. The van der Waals surface area contributed by atoms with Gasteiger partial charge in [-0.25, -0.2) is 4.79 Å². The first-order valence-electron chi connectivity index (χ1n) is 11.9. The largest absolute Gasteiger partial charge is 0.488 e. The normalized spacial score (nSPS) is 28.1. The molecule has 0 saturated carbocycles. The number of carbonyl (C=O) groups excluding carboxylic acids is 1. The summed E-state index contributed by atoms with van der Waals surface area (Å²) in [6, 6.07) is 13.0. The van der Waals surface area contributed by atoms with Gasteiger partial charge in [0.15, 0.2) is 0 Å². The molecule has 196 valence electrons. The minimum absolute atomic E-state index is 0.0318. The summed E-state index contributed by atoms with van der Waals surface area (Å²) in [4.78, 5) is 13.0. The van der Waals surface area contributed by atoms with Crippen LogP contribution in [0.4, 0.5) is 4.79 Å². The highest BCUT2D eigenvalue weighted by Crippen LogP contribution is 2.35. The van der Waals surface area contributed by atoms with Crippen molar-refractivity contribution in [3.63, 3.8) is 0 Å². The average molecular weight is 522 g/mol. The van der Waals surface area contributed by atoms with Gasteiger partial charge in [-0.1, -0.05) is 35.9 Å². The van der Waals surface area contributed by atoms with Gasteiger partial charge in [0.25, 0.3) is 0 Å². The smallest absolute Gasteiger partial charge is 0.409 e. The van der Waals surface area contributed by atoms with Gasteiger partial charge in [0.05, 0.1) is 26.9 Å². The SMILES string of the molecule is COC(=O)N(C)C[C@H]1O[C@@H](c2ccc(Cl)c(Cc3ccc(O[C@@H]4CCOC4)cc3)c2)[C@H](O)[C@@H](O)[C@@H]1O. The zero-order chi connectivity index (χ0) is 25.8. The number of carbonyl (C=O) groups is 1. The van der Waals surface area contributed by atoms with E-state index in [-0.39, 0.29) is 12.6 Å². The van der Waals surface area contributed by atoms with E-state index in [4.69, 9.17) is 25.8 Å². The van der Waals surface area contributed by atoms with Crippen LogP contribution in [0.2, 0.25) is 5.02 Å². The summed E-state index contributed by atoms with van der Waals surface area (Å²) in [6.45, 7) is 1.29. The summed E-state index contributed by atoms with van der Waals surface area (Å²) in [5, 5.41) is 32.1. The molecule has 2 aliphatic rings. The molecule has 9 nitrogen and oxygen atoms in total. The van der Waals surface area contributed by atoms with Gasteiger partial charge < -0.3 is 39.2 Å². The fraction of sp³-hybridized carbons (Fsp3) is 0.500. The monoisotopic (exact) mass is 521 g/mol. The Morgan fingerprint density at radius 2 is 1.86 bits per heavy atom. The van der Waals surface area contributed by atoms with Gasteiger partial charge in [-0.05, 0) is 41.3 Å². The Morgan fingerprint density at radius 1 is 1.11 bits per heavy atom. The van der Waals surface area contributed by atoms with E-state index in [1.54, 1.807) is 12.1 Å². The number of likely N-dealkylation sites (N-methyl/N-ethyl adjacent to an activating group) is 1. The van der Waals surface area contributed by atoms with Gasteiger partial charge in [0.1, 0.15) is 42.4 Å². The van der Waals surface area contributed by atoms with Crippen molar-refractivity contribution in [3.05, 3.63) is 64.2 Å². The number of methoxy groups -OCH3 is 1. The summed E-state index contributed by atoms with van der Waals surface area (Å²) in [5.41, 5.74) is 2.42. The number of benzene rings is 2. The lowest BCUT2D eigenvalue weighted by Crippen LogP contribution is -2.57. The quantitative estimate of drug-likeness (QED) is 0.508. The molecule has 3 N–H and O–H groups in total. The lowest BCUT2D eigenvalue weighted by atomic mass is 9.89. The first-order valence-corrected chi connectivity index (χ1v) is 12.2. The molecule has 0 aromatic heterocycles. The third-order valence-electron chi connectivity index (χ3n) is 6.56. The molecule has 6 atom stereocenters. The number of ether oxygens (including phenoxy) is 4. The Labute approximate surface area is 215 Å². The molecule has 10 heteroatoms. The van der Waals surface area contributed by atoms with Crippen LogP contribution in [0.5, 0.6) is 5.75 Å². The van der Waals surface area contributed by atoms with Crippen LogP contribution < -0.4 is 4.74 Å². The molecule has 0 spiro atoms. The van der Waals surface area contributed by atoms with Gasteiger partial charge >= 0.3 is 6.09 Å². The van der Waals surface area contributed by atoms with Crippen molar-refractivity contribution >= 4 is 17.7 Å². The Hall–Kier alpha value is -2.40. The molecule has 0 unspecified atom stereocenters. The Bertz CT molecular complexity index is 1030. The highest BCUT2D eigenvalue weighted by Gasteiger charge is 2.45. The van der Waals surface area contributed by atoms with Crippen molar-refractivity contribution in [1.82, 2.24) is 4.90 Å². The number of hydrogen-bond acceptors (Lipinski definition) is 8. The molecule has 0 radical (unpaired) electrons. The fourth-order valence-electron chi connectivity index (χ4n) is 4.49. The molecule has 4 rings (SSSR count). The molecule has 2 aromatic rings. The molecule has 36 heavy (non-hydrogen) atoms. The van der Waals surface area contributed by atoms with Crippen molar-refractivity contribution in [2.24, 2.45) is 0 Å². The molecular formula is C26H32ClNO8. The maximum atomic E-state index is 11.8. The van der Waals surface area contributed by atoms with E-state index in [0.29, 0.717) is 23.6 Å². The van der Waals surface area contributed by atoms with Gasteiger partial charge in [0, 0.05) is 18.5 Å². The number of aliphatic hydroxyl groups excluding tert-OH is 3. The van der Waals surface area contributed by atoms with Gasteiger partial charge in [-0.15, -0.1) is 0 Å². The second-order valence-electron chi connectivity index (χ2n) is 9.19. The second-order valence-corrected chi connectivity index (χ2v) is 9.60. The van der Waals surface area contributed by atoms with Crippen molar-refractivity contribution in [2.45, 2.75) is 49.5 Å². The zero-order valence-electron chi connectivity index (χ0n) is 20.2. The summed E-state index contributed by atoms with van der Waals surface area (Å²) in [7, 11) is 2.74. The van der Waals surface area contributed by atoms with E-state index in [2.05, 4.69) is 4.74 Å². The van der Waals surface area contributed by atoms with E-state index in [0.717, 1.165) is 29.9 Å². The zero-order valence-corrected chi connectivity index (χ0v) is 21.0. The number of halogens is 1. The number of hydrogen-bond donors (Lipinski definition) is 3. The Morgan fingerprint density at radius 3 is 2.53 bits per heavy atom. The average Bonchev–Trinajstić information content (AvgIpc) is 3.39. The number of rotatable bonds is 7. The topological polar surface area (TPSA) is 118 Å². The summed E-state index contributed by atoms with van der Waals surface area (Å²) < 4.78 is 21.9. The van der Waals surface area contributed by atoms with E-state index >= 15 is 0 Å². The highest BCUT2D eigenvalue weighted by atomic mass is 35.5. The van der Waals surface area contributed by atoms with Crippen LogP contribution in [0.25, 0.3) is 0 Å². The van der Waals surface area contributed by atoms with E-state index < -0.39 is 36.6 Å². The van der Waals surface area contributed by atoms with Gasteiger partial charge in [-0.2, -0.15) is 0 Å². The van der Waals surface area contributed by atoms with E-state index in [1.807, 2.05) is 30.3 Å². The van der Waals surface area contributed by atoms with Gasteiger partial charge in [0.2, 0.25) is 0 Å². The van der Waals surface area contributed by atoms with Crippen LogP contribution in [0, 0.1) is 0 Å². The molecule has 1 amide bonds. The summed E-state index contributed by atoms with van der Waals surface area (Å²) in [5.74, 6) is 0.781. The van der Waals surface area contributed by atoms with Crippen molar-refractivity contribution in [3.8, 4) is 5.75 Å². The molecule has 2 saturated heterocycles. The lowest BCUT2D eigenvalue weighted by Gasteiger charge is -2.42. The Balaban J connectivity index is 1.48. The van der Waals surface area contributed by atoms with Crippen LogP contribution in [-0.4, -0.2) is 90.7 Å². The Kier molecular flexibility index (Phi) is 8.71. The van der Waals surface area contributed by atoms with Crippen molar-refractivity contribution in [2.75, 3.05) is 33.9 Å². The van der Waals surface area contributed by atoms with Crippen molar-refractivity contribution < 1.29 is 39.1 Å². The third kappa shape index (κ3) is 6.11. The van der Waals surface area contributed by atoms with Crippen LogP contribution >= 0.6 is 11.6 Å².